The van der Waals surface area contributed by atoms with Crippen molar-refractivity contribution in [2.75, 3.05) is 5.32 Å². The van der Waals surface area contributed by atoms with Gasteiger partial charge in [0.05, 0.1) is 31.0 Å². The first-order valence-corrected chi connectivity index (χ1v) is 7.71. The molecule has 0 aliphatic heterocycles. The Morgan fingerprint density at radius 1 is 1.14 bits per heavy atom. The molecule has 0 spiro atoms. The molecule has 1 heterocycles. The SMILES string of the molecule is CC(Nc1ccc(C(F)(F)F)cc1Cl)c1cc(Cl)sc1Cl. The van der Waals surface area contributed by atoms with Crippen LogP contribution in [0.25, 0.3) is 0 Å². The molecule has 0 amide bonds. The highest BCUT2D eigenvalue weighted by molar-refractivity contribution is 7.20. The van der Waals surface area contributed by atoms with Crippen molar-refractivity contribution >= 4 is 51.8 Å². The lowest BCUT2D eigenvalue weighted by Gasteiger charge is -2.17. The quantitative estimate of drug-likeness (QED) is 0.616. The first kappa shape index (κ1) is 16.7. The summed E-state index contributed by atoms with van der Waals surface area (Å²) in [5.41, 5.74) is 0.375. The van der Waals surface area contributed by atoms with Gasteiger partial charge in [0.1, 0.15) is 0 Å². The Labute approximate surface area is 138 Å². The van der Waals surface area contributed by atoms with Gasteiger partial charge in [0.25, 0.3) is 0 Å². The van der Waals surface area contributed by atoms with E-state index in [1.54, 1.807) is 6.07 Å². The zero-order valence-corrected chi connectivity index (χ0v) is 13.6. The molecule has 1 atom stereocenters. The zero-order chi connectivity index (χ0) is 15.8. The number of rotatable bonds is 3. The fourth-order valence-corrected chi connectivity index (χ4v) is 3.65. The van der Waals surface area contributed by atoms with Crippen LogP contribution >= 0.6 is 46.1 Å². The van der Waals surface area contributed by atoms with Crippen LogP contribution in [0.2, 0.25) is 13.7 Å². The van der Waals surface area contributed by atoms with Crippen molar-refractivity contribution in [2.45, 2.75) is 19.1 Å². The smallest absolute Gasteiger partial charge is 0.377 e. The van der Waals surface area contributed by atoms with E-state index in [-0.39, 0.29) is 11.1 Å². The molecule has 0 bridgehead atoms. The molecule has 1 N–H and O–H groups in total. The normalized spacial score (nSPS) is 13.3. The molecular formula is C13H9Cl3F3NS. The number of benzene rings is 1. The van der Waals surface area contributed by atoms with E-state index < -0.39 is 11.7 Å². The summed E-state index contributed by atoms with van der Waals surface area (Å²) in [6.07, 6.45) is -4.42. The number of halogens is 6. The van der Waals surface area contributed by atoms with Gasteiger partial charge in [0, 0.05) is 5.56 Å². The molecule has 0 aliphatic rings. The van der Waals surface area contributed by atoms with E-state index in [2.05, 4.69) is 5.32 Å². The lowest BCUT2D eigenvalue weighted by atomic mass is 10.1. The summed E-state index contributed by atoms with van der Waals surface area (Å²) in [6.45, 7) is 1.82. The van der Waals surface area contributed by atoms with Gasteiger partial charge in [-0.3, -0.25) is 0 Å². The van der Waals surface area contributed by atoms with Crippen molar-refractivity contribution in [2.24, 2.45) is 0 Å². The second kappa shape index (κ2) is 6.24. The van der Waals surface area contributed by atoms with Gasteiger partial charge in [-0.05, 0) is 31.2 Å². The first-order chi connectivity index (χ1) is 9.68. The number of anilines is 1. The summed E-state index contributed by atoms with van der Waals surface area (Å²) in [5.74, 6) is 0. The Morgan fingerprint density at radius 2 is 1.81 bits per heavy atom. The van der Waals surface area contributed by atoms with Crippen LogP contribution in [0.5, 0.6) is 0 Å². The fourth-order valence-electron chi connectivity index (χ4n) is 1.77. The van der Waals surface area contributed by atoms with Crippen LogP contribution in [-0.2, 0) is 6.18 Å². The standard InChI is InChI=1S/C13H9Cl3F3NS/c1-6(8-5-11(15)21-12(8)16)20-10-3-2-7(4-9(10)14)13(17,18)19/h2-6,20H,1H3. The first-order valence-electron chi connectivity index (χ1n) is 5.76. The van der Waals surface area contributed by atoms with Crippen molar-refractivity contribution < 1.29 is 13.2 Å². The second-order valence-electron chi connectivity index (χ2n) is 4.34. The molecule has 2 aromatic rings. The maximum atomic E-state index is 12.6. The van der Waals surface area contributed by atoms with Crippen LogP contribution in [0, 0.1) is 0 Å². The maximum Gasteiger partial charge on any atom is 0.416 e. The van der Waals surface area contributed by atoms with E-state index in [0.29, 0.717) is 14.4 Å². The number of alkyl halides is 3. The molecule has 1 aromatic heterocycles. The highest BCUT2D eigenvalue weighted by Crippen LogP contribution is 2.38. The minimum Gasteiger partial charge on any atom is -0.377 e. The van der Waals surface area contributed by atoms with Crippen LogP contribution in [-0.4, -0.2) is 0 Å². The largest absolute Gasteiger partial charge is 0.416 e. The predicted octanol–water partition coefficient (Wildman–Crippen LogP) is 6.90. The number of nitrogens with one attached hydrogen (secondary N) is 1. The van der Waals surface area contributed by atoms with Gasteiger partial charge in [0.2, 0.25) is 0 Å². The summed E-state index contributed by atoms with van der Waals surface area (Å²) in [6, 6.07) is 4.63. The van der Waals surface area contributed by atoms with E-state index in [0.717, 1.165) is 17.7 Å². The summed E-state index contributed by atoms with van der Waals surface area (Å²) < 4.78 is 38.8. The minimum atomic E-state index is -4.42. The molecule has 1 unspecified atom stereocenters. The third-order valence-corrected chi connectivity index (χ3v) is 4.65. The third kappa shape index (κ3) is 3.97. The van der Waals surface area contributed by atoms with Crippen LogP contribution in [0.15, 0.2) is 24.3 Å². The highest BCUT2D eigenvalue weighted by Gasteiger charge is 2.31. The van der Waals surface area contributed by atoms with Crippen molar-refractivity contribution in [3.63, 3.8) is 0 Å². The second-order valence-corrected chi connectivity index (χ2v) is 7.03. The van der Waals surface area contributed by atoms with Crippen molar-refractivity contribution in [3.8, 4) is 0 Å². The summed E-state index contributed by atoms with van der Waals surface area (Å²) in [4.78, 5) is 0. The molecule has 0 aliphatic carbocycles. The highest BCUT2D eigenvalue weighted by atomic mass is 35.5. The molecule has 114 valence electrons. The monoisotopic (exact) mass is 373 g/mol. The number of thiophene rings is 1. The Kier molecular flexibility index (Phi) is 4.98. The predicted molar refractivity (Wildman–Crippen MR) is 82.8 cm³/mol. The summed E-state index contributed by atoms with van der Waals surface area (Å²) >= 11 is 19.0. The Balaban J connectivity index is 2.22. The van der Waals surface area contributed by atoms with Gasteiger partial charge in [-0.1, -0.05) is 34.8 Å². The van der Waals surface area contributed by atoms with Crippen LogP contribution in [0.1, 0.15) is 24.1 Å². The molecule has 2 rings (SSSR count). The van der Waals surface area contributed by atoms with Gasteiger partial charge in [-0.15, -0.1) is 11.3 Å². The molecule has 0 radical (unpaired) electrons. The molecule has 0 saturated heterocycles. The molecule has 0 saturated carbocycles. The van der Waals surface area contributed by atoms with Crippen LogP contribution in [0.3, 0.4) is 0 Å². The fraction of sp³-hybridized carbons (Fsp3) is 0.231. The molecular weight excluding hydrogens is 366 g/mol. The van der Waals surface area contributed by atoms with Crippen molar-refractivity contribution in [1.29, 1.82) is 0 Å². The topological polar surface area (TPSA) is 12.0 Å². The van der Waals surface area contributed by atoms with Crippen molar-refractivity contribution in [1.82, 2.24) is 0 Å². The summed E-state index contributed by atoms with van der Waals surface area (Å²) in [7, 11) is 0. The zero-order valence-electron chi connectivity index (χ0n) is 10.6. The van der Waals surface area contributed by atoms with E-state index in [4.69, 9.17) is 34.8 Å². The average Bonchev–Trinajstić information content (AvgIpc) is 2.69. The van der Waals surface area contributed by atoms with Gasteiger partial charge in [-0.2, -0.15) is 13.2 Å². The number of hydrogen-bond acceptors (Lipinski definition) is 2. The molecule has 8 heteroatoms. The van der Waals surface area contributed by atoms with Crippen LogP contribution < -0.4 is 5.32 Å². The van der Waals surface area contributed by atoms with Gasteiger partial charge >= 0.3 is 6.18 Å². The van der Waals surface area contributed by atoms with E-state index in [1.165, 1.54) is 17.4 Å². The number of hydrogen-bond donors (Lipinski definition) is 1. The van der Waals surface area contributed by atoms with Gasteiger partial charge in [-0.25, -0.2) is 0 Å². The van der Waals surface area contributed by atoms with E-state index in [9.17, 15) is 13.2 Å². The van der Waals surface area contributed by atoms with E-state index >= 15 is 0 Å². The molecule has 1 nitrogen and oxygen atoms in total. The van der Waals surface area contributed by atoms with Gasteiger partial charge < -0.3 is 5.32 Å². The lowest BCUT2D eigenvalue weighted by Crippen LogP contribution is -2.08. The van der Waals surface area contributed by atoms with Gasteiger partial charge in [0.15, 0.2) is 0 Å². The molecule has 1 aromatic carbocycles. The van der Waals surface area contributed by atoms with Crippen LogP contribution in [0.4, 0.5) is 18.9 Å². The Hall–Kier alpha value is -0.620. The Morgan fingerprint density at radius 3 is 2.29 bits per heavy atom. The third-order valence-electron chi connectivity index (χ3n) is 2.82. The minimum absolute atomic E-state index is 0.00544. The molecule has 0 fully saturated rings. The lowest BCUT2D eigenvalue weighted by molar-refractivity contribution is -0.137. The van der Waals surface area contributed by atoms with Crippen molar-refractivity contribution in [3.05, 3.63) is 49.1 Å². The summed E-state index contributed by atoms with van der Waals surface area (Å²) in [5, 5.41) is 3.02. The molecule has 21 heavy (non-hydrogen) atoms. The average molecular weight is 375 g/mol. The maximum absolute atomic E-state index is 12.6. The van der Waals surface area contributed by atoms with E-state index in [1.807, 2.05) is 6.92 Å². The Bertz CT molecular complexity index is 655.